The number of anilines is 1. The van der Waals surface area contributed by atoms with Gasteiger partial charge < -0.3 is 49.5 Å². The number of aromatic amines is 1. The number of aromatic hydroxyl groups is 2. The van der Waals surface area contributed by atoms with Crippen molar-refractivity contribution >= 4 is 51.5 Å². The van der Waals surface area contributed by atoms with Gasteiger partial charge in [0, 0.05) is 97.3 Å². The number of esters is 1. The number of carbonyl (C=O) groups excluding carboxylic acids is 2. The highest BCUT2D eigenvalue weighted by atomic mass is 35.5. The summed E-state index contributed by atoms with van der Waals surface area (Å²) in [6.45, 7) is 6.01. The van der Waals surface area contributed by atoms with Crippen LogP contribution in [-0.2, 0) is 25.4 Å². The van der Waals surface area contributed by atoms with Gasteiger partial charge in [-0.05, 0) is 67.3 Å². The van der Waals surface area contributed by atoms with Gasteiger partial charge in [0.05, 0.1) is 53.0 Å². The maximum atomic E-state index is 14.8. The number of thiazole rings is 1. The van der Waals surface area contributed by atoms with Gasteiger partial charge in [-0.3, -0.25) is 9.69 Å². The number of aromatic nitrogens is 3. The zero-order chi connectivity index (χ0) is 48.3. The summed E-state index contributed by atoms with van der Waals surface area (Å²) >= 11 is 8.19. The summed E-state index contributed by atoms with van der Waals surface area (Å²) in [5.41, 5.74) is 2.30. The number of carbonyl (C=O) groups is 2. The van der Waals surface area contributed by atoms with Crippen molar-refractivity contribution in [1.29, 1.82) is 0 Å². The average molecular weight is 991 g/mol. The molecule has 3 aliphatic heterocycles. The van der Waals surface area contributed by atoms with Crippen LogP contribution in [0.3, 0.4) is 0 Å². The first kappa shape index (κ1) is 45.8. The van der Waals surface area contributed by atoms with Crippen molar-refractivity contribution in [2.24, 2.45) is 0 Å². The van der Waals surface area contributed by atoms with Crippen LogP contribution >= 0.6 is 22.9 Å². The van der Waals surface area contributed by atoms with E-state index in [0.717, 1.165) is 120 Å². The van der Waals surface area contributed by atoms with E-state index in [1.807, 2.05) is 0 Å². The Kier molecular flexibility index (Phi) is 11.9. The molecular weight excluding hydrogens is 946 g/mol. The minimum atomic E-state index is -1.90. The number of phenolic OH excluding ortho intramolecular Hbond substituents is 2. The maximum absolute atomic E-state index is 14.8. The van der Waals surface area contributed by atoms with Gasteiger partial charge in [-0.25, -0.2) is 23.5 Å². The third-order valence-electron chi connectivity index (χ3n) is 13.5. The number of aliphatic hydroxyl groups is 1. The van der Waals surface area contributed by atoms with Gasteiger partial charge >= 0.3 is 5.97 Å². The van der Waals surface area contributed by atoms with Crippen LogP contribution in [0.5, 0.6) is 23.0 Å². The molecule has 1 aliphatic carbocycles. The number of pyridine rings is 1. The van der Waals surface area contributed by atoms with Crippen LogP contribution in [0.25, 0.3) is 32.7 Å². The van der Waals surface area contributed by atoms with E-state index in [9.17, 15) is 33.7 Å². The lowest BCUT2D eigenvalue weighted by atomic mass is 9.77. The molecule has 1 spiro atoms. The molecule has 6 heterocycles. The fourth-order valence-electron chi connectivity index (χ4n) is 9.60. The molecule has 5 N–H and O–H groups in total. The van der Waals surface area contributed by atoms with Gasteiger partial charge in [0.25, 0.3) is 5.91 Å². The van der Waals surface area contributed by atoms with Gasteiger partial charge in [0.1, 0.15) is 27.8 Å². The number of H-pyrrole nitrogens is 1. The molecule has 0 atom stereocenters. The highest BCUT2D eigenvalue weighted by Gasteiger charge is 2.54. The van der Waals surface area contributed by atoms with Crippen LogP contribution in [0.4, 0.5) is 14.5 Å². The minimum absolute atomic E-state index is 0.00906. The molecule has 19 heteroatoms. The molecule has 0 bridgehead atoms. The number of phenols is 2. The number of hydrogen-bond acceptors (Lipinski definition) is 14. The highest BCUT2D eigenvalue weighted by molar-refractivity contribution is 7.15. The Morgan fingerprint density at radius 3 is 2.24 bits per heavy atom. The van der Waals surface area contributed by atoms with Crippen molar-refractivity contribution in [1.82, 2.24) is 25.2 Å². The second-order valence-corrected chi connectivity index (χ2v) is 19.2. The number of nitrogens with zero attached hydrogens (tertiary/aromatic N) is 4. The summed E-state index contributed by atoms with van der Waals surface area (Å²) < 4.78 is 52.7. The van der Waals surface area contributed by atoms with Gasteiger partial charge in [-0.15, -0.1) is 11.3 Å². The SMILES string of the molecule is O=C(NCCOCCOCCN1CCN(c2ccc(-c3cc4c(-c5cnc(C6(O)CCC6)s5)c(Cl)cnc4[nH]3)cc2)CC1)c1ccc2c(c1)C(=O)OC21c2cc(F)c(O)cc2Oc2cc(O)c(F)cc21. The minimum Gasteiger partial charge on any atom is -0.505 e. The summed E-state index contributed by atoms with van der Waals surface area (Å²) in [5.74, 6) is -4.98. The lowest BCUT2D eigenvalue weighted by Gasteiger charge is -2.36. The van der Waals surface area contributed by atoms with E-state index in [1.54, 1.807) is 12.4 Å². The molecule has 70 heavy (non-hydrogen) atoms. The van der Waals surface area contributed by atoms with Crippen LogP contribution in [0.1, 0.15) is 61.7 Å². The fraction of sp³-hybridized carbons (Fsp3) is 0.294. The topological polar surface area (TPSA) is 192 Å². The number of amides is 1. The Morgan fingerprint density at radius 2 is 1.56 bits per heavy atom. The zero-order valence-electron chi connectivity index (χ0n) is 37.4. The zero-order valence-corrected chi connectivity index (χ0v) is 39.0. The van der Waals surface area contributed by atoms with Crippen LogP contribution < -0.4 is 15.0 Å². The monoisotopic (exact) mass is 990 g/mol. The summed E-state index contributed by atoms with van der Waals surface area (Å²) in [7, 11) is 0. The van der Waals surface area contributed by atoms with Crippen LogP contribution in [0.15, 0.2) is 85.2 Å². The van der Waals surface area contributed by atoms with Crippen LogP contribution in [0.2, 0.25) is 5.02 Å². The van der Waals surface area contributed by atoms with E-state index in [1.165, 1.54) is 29.5 Å². The number of hydrogen-bond donors (Lipinski definition) is 5. The Morgan fingerprint density at radius 1 is 0.857 bits per heavy atom. The average Bonchev–Trinajstić information content (AvgIpc) is 4.09. The number of piperazine rings is 1. The van der Waals surface area contributed by atoms with E-state index in [-0.39, 0.29) is 52.5 Å². The number of nitrogens with one attached hydrogen (secondary N) is 2. The molecule has 3 aromatic heterocycles. The molecule has 1 saturated carbocycles. The third-order valence-corrected chi connectivity index (χ3v) is 15.0. The van der Waals surface area contributed by atoms with Gasteiger partial charge in [0.2, 0.25) is 0 Å². The second-order valence-electron chi connectivity index (χ2n) is 17.7. The predicted octanol–water partition coefficient (Wildman–Crippen LogP) is 8.22. The van der Waals surface area contributed by atoms with Crippen LogP contribution in [-0.4, -0.2) is 113 Å². The fourth-order valence-corrected chi connectivity index (χ4v) is 11.0. The van der Waals surface area contributed by atoms with Crippen molar-refractivity contribution in [3.63, 3.8) is 0 Å². The number of rotatable bonds is 14. The summed E-state index contributed by atoms with van der Waals surface area (Å²) in [6.07, 6.45) is 5.91. The molecule has 2 fully saturated rings. The third kappa shape index (κ3) is 8.17. The quantitative estimate of drug-likeness (QED) is 0.0518. The molecule has 11 rings (SSSR count). The van der Waals surface area contributed by atoms with E-state index in [0.29, 0.717) is 24.8 Å². The van der Waals surface area contributed by atoms with Crippen molar-refractivity contribution in [2.45, 2.75) is 30.5 Å². The number of halogens is 3. The summed E-state index contributed by atoms with van der Waals surface area (Å²) in [6, 6.07) is 18.8. The number of ether oxygens (including phenoxy) is 4. The molecule has 0 unspecified atom stereocenters. The summed E-state index contributed by atoms with van der Waals surface area (Å²) in [5, 5.41) is 35.9. The molecule has 7 aromatic rings. The maximum Gasteiger partial charge on any atom is 0.340 e. The van der Waals surface area contributed by atoms with E-state index in [2.05, 4.69) is 60.4 Å². The summed E-state index contributed by atoms with van der Waals surface area (Å²) in [4.78, 5) is 44.8. The Hall–Kier alpha value is -6.67. The normalized spacial score (nSPS) is 16.6. The standard InChI is InChI=1S/C51H45ClF2N6O9S/c52-36-26-56-46-32(45(36)44-27-57-49(70-44)50(65)8-1-9-50)21-39(58-46)28-2-5-30(6-3-28)60-13-11-59(12-14-60)15-17-67-19-18-66-16-10-55-47(63)29-4-7-33-31(20-29)48(64)69-51(33)34-22-37(53)40(61)24-42(34)68-43-25-41(62)38(54)23-35(43)51/h2-7,20-27,61-62,65H,1,8-19H2,(H,55,63)(H,56,58). The molecule has 1 amide bonds. The van der Waals surface area contributed by atoms with E-state index in [4.69, 9.17) is 30.5 Å². The molecule has 0 radical (unpaired) electrons. The molecule has 4 aromatic carbocycles. The molecular formula is C51H45ClF2N6O9S. The first-order valence-corrected chi connectivity index (χ1v) is 24.1. The Labute approximate surface area is 408 Å². The number of benzene rings is 4. The van der Waals surface area contributed by atoms with Crippen molar-refractivity contribution in [2.75, 3.05) is 70.6 Å². The van der Waals surface area contributed by atoms with E-state index >= 15 is 0 Å². The first-order chi connectivity index (χ1) is 33.9. The van der Waals surface area contributed by atoms with Crippen molar-refractivity contribution < 1.29 is 52.6 Å². The Balaban J connectivity index is 0.615. The van der Waals surface area contributed by atoms with Crippen LogP contribution in [0, 0.1) is 11.6 Å². The molecule has 4 aliphatic rings. The van der Waals surface area contributed by atoms with Crippen molar-refractivity contribution in [3.8, 4) is 44.7 Å². The Bertz CT molecular complexity index is 3130. The molecule has 360 valence electrons. The first-order valence-electron chi connectivity index (χ1n) is 22.9. The van der Waals surface area contributed by atoms with Gasteiger partial charge in [-0.1, -0.05) is 29.8 Å². The van der Waals surface area contributed by atoms with E-state index < -0.39 is 46.2 Å². The lowest BCUT2D eigenvalue weighted by molar-refractivity contribution is -0.0389. The van der Waals surface area contributed by atoms with Crippen molar-refractivity contribution in [3.05, 3.63) is 135 Å². The number of fused-ring (bicyclic) bond motifs is 7. The highest BCUT2D eigenvalue weighted by Crippen LogP contribution is 2.58. The molecule has 1 saturated heterocycles. The second kappa shape index (κ2) is 18.3. The van der Waals surface area contributed by atoms with Gasteiger partial charge in [0.15, 0.2) is 28.7 Å². The largest absolute Gasteiger partial charge is 0.505 e. The van der Waals surface area contributed by atoms with Gasteiger partial charge in [-0.2, -0.15) is 0 Å². The smallest absolute Gasteiger partial charge is 0.340 e. The predicted molar refractivity (Wildman–Crippen MR) is 256 cm³/mol. The lowest BCUT2D eigenvalue weighted by Crippen LogP contribution is -2.47. The molecule has 15 nitrogen and oxygen atoms in total.